The molecule has 4 heteroatoms. The van der Waals surface area contributed by atoms with Crippen LogP contribution in [0, 0.1) is 12.8 Å². The zero-order valence-electron chi connectivity index (χ0n) is 10.5. The molecule has 0 aromatic heterocycles. The first kappa shape index (κ1) is 13.4. The first-order valence-electron chi connectivity index (χ1n) is 6.28. The molecule has 0 atom stereocenters. The lowest BCUT2D eigenvalue weighted by Crippen LogP contribution is -2.11. The van der Waals surface area contributed by atoms with E-state index in [0.29, 0.717) is 41.8 Å². The van der Waals surface area contributed by atoms with Crippen molar-refractivity contribution in [3.63, 3.8) is 0 Å². The highest BCUT2D eigenvalue weighted by atomic mass is 35.5. The first-order valence-corrected chi connectivity index (χ1v) is 6.66. The van der Waals surface area contributed by atoms with Crippen molar-refractivity contribution < 1.29 is 9.53 Å². The number of rotatable bonds is 6. The number of hydrogen-bond donors (Lipinski definition) is 1. The third kappa shape index (κ3) is 3.24. The van der Waals surface area contributed by atoms with Gasteiger partial charge in [-0.05, 0) is 49.9 Å². The zero-order chi connectivity index (χ0) is 13.1. The molecule has 3 nitrogen and oxygen atoms in total. The normalized spacial score (nSPS) is 14.6. The lowest BCUT2D eigenvalue weighted by molar-refractivity contribution is 0.0981. The van der Waals surface area contributed by atoms with E-state index in [-0.39, 0.29) is 5.78 Å². The predicted molar refractivity (Wildman–Crippen MR) is 72.4 cm³/mol. The predicted octanol–water partition coefficient (Wildman–Crippen LogP) is 2.97. The van der Waals surface area contributed by atoms with E-state index in [1.54, 1.807) is 0 Å². The van der Waals surface area contributed by atoms with Crippen LogP contribution in [-0.2, 0) is 0 Å². The topological polar surface area (TPSA) is 52.3 Å². The first-order chi connectivity index (χ1) is 8.61. The number of halogens is 1. The van der Waals surface area contributed by atoms with Crippen molar-refractivity contribution in [1.82, 2.24) is 0 Å². The van der Waals surface area contributed by atoms with Crippen LogP contribution in [-0.4, -0.2) is 18.9 Å². The third-order valence-electron chi connectivity index (χ3n) is 3.02. The van der Waals surface area contributed by atoms with E-state index < -0.39 is 0 Å². The van der Waals surface area contributed by atoms with Crippen LogP contribution in [0.25, 0.3) is 0 Å². The summed E-state index contributed by atoms with van der Waals surface area (Å²) < 4.78 is 5.72. The second-order valence-corrected chi connectivity index (χ2v) is 5.25. The maximum absolute atomic E-state index is 12.0. The molecule has 0 bridgehead atoms. The molecule has 1 aliphatic carbocycles. The number of hydrogen-bond acceptors (Lipinski definition) is 3. The van der Waals surface area contributed by atoms with Gasteiger partial charge in [-0.2, -0.15) is 0 Å². The monoisotopic (exact) mass is 267 g/mol. The quantitative estimate of drug-likeness (QED) is 0.806. The maximum Gasteiger partial charge on any atom is 0.167 e. The lowest BCUT2D eigenvalue weighted by atomic mass is 10.0. The van der Waals surface area contributed by atoms with Gasteiger partial charge in [0.25, 0.3) is 0 Å². The Morgan fingerprint density at radius 1 is 1.50 bits per heavy atom. The molecule has 2 N–H and O–H groups in total. The van der Waals surface area contributed by atoms with Gasteiger partial charge in [-0.15, -0.1) is 0 Å². The molecule has 1 saturated carbocycles. The third-order valence-corrected chi connectivity index (χ3v) is 3.30. The van der Waals surface area contributed by atoms with Crippen LogP contribution in [0.5, 0.6) is 5.75 Å². The minimum atomic E-state index is -0.00565. The Morgan fingerprint density at radius 3 is 2.83 bits per heavy atom. The van der Waals surface area contributed by atoms with Crippen molar-refractivity contribution in [2.24, 2.45) is 11.7 Å². The Morgan fingerprint density at radius 2 is 2.22 bits per heavy atom. The van der Waals surface area contributed by atoms with Gasteiger partial charge in [0.15, 0.2) is 5.78 Å². The van der Waals surface area contributed by atoms with E-state index in [1.165, 1.54) is 12.8 Å². The van der Waals surface area contributed by atoms with Gasteiger partial charge in [0.1, 0.15) is 5.75 Å². The fourth-order valence-electron chi connectivity index (χ4n) is 1.83. The molecule has 2 rings (SSSR count). The molecule has 0 radical (unpaired) electrons. The number of carbonyl (C=O) groups is 1. The Bertz CT molecular complexity index is 455. The van der Waals surface area contributed by atoms with E-state index in [0.717, 1.165) is 5.56 Å². The fourth-order valence-corrected chi connectivity index (χ4v) is 2.16. The summed E-state index contributed by atoms with van der Waals surface area (Å²) in [7, 11) is 0. The van der Waals surface area contributed by atoms with Crippen molar-refractivity contribution in [3.8, 4) is 5.75 Å². The molecule has 0 amide bonds. The Labute approximate surface area is 112 Å². The van der Waals surface area contributed by atoms with Crippen LogP contribution < -0.4 is 10.5 Å². The molecule has 0 aliphatic heterocycles. The molecule has 1 aromatic rings. The summed E-state index contributed by atoms with van der Waals surface area (Å²) in [5, 5.41) is 0.510. The highest BCUT2D eigenvalue weighted by molar-refractivity contribution is 6.32. The van der Waals surface area contributed by atoms with Gasteiger partial charge in [0.2, 0.25) is 0 Å². The van der Waals surface area contributed by atoms with E-state index >= 15 is 0 Å². The second kappa shape index (κ2) is 5.72. The molecule has 0 unspecified atom stereocenters. The summed E-state index contributed by atoms with van der Waals surface area (Å²) in [6, 6.07) is 3.65. The molecule has 98 valence electrons. The zero-order valence-corrected chi connectivity index (χ0v) is 11.3. The standard InChI is InChI=1S/C14H18ClNO2/c1-9-6-11(13(17)4-5-16)14(12(15)7-9)18-8-10-2-3-10/h6-7,10H,2-5,8,16H2,1H3. The van der Waals surface area contributed by atoms with Gasteiger partial charge >= 0.3 is 0 Å². The van der Waals surface area contributed by atoms with Gasteiger partial charge in [-0.25, -0.2) is 0 Å². The molecule has 1 aromatic carbocycles. The molecule has 0 spiro atoms. The number of benzene rings is 1. The molecule has 1 aliphatic rings. The Hall–Kier alpha value is -1.06. The Balaban J connectivity index is 2.24. The highest BCUT2D eigenvalue weighted by Crippen LogP contribution is 2.35. The van der Waals surface area contributed by atoms with Crippen molar-refractivity contribution in [2.75, 3.05) is 13.2 Å². The molecular weight excluding hydrogens is 250 g/mol. The second-order valence-electron chi connectivity index (χ2n) is 4.84. The smallest absolute Gasteiger partial charge is 0.167 e. The van der Waals surface area contributed by atoms with E-state index in [9.17, 15) is 4.79 Å². The number of aryl methyl sites for hydroxylation is 1. The molecule has 18 heavy (non-hydrogen) atoms. The minimum Gasteiger partial charge on any atom is -0.491 e. The lowest BCUT2D eigenvalue weighted by Gasteiger charge is -2.13. The number of carbonyl (C=O) groups excluding carboxylic acids is 1. The van der Waals surface area contributed by atoms with E-state index in [1.807, 2.05) is 19.1 Å². The van der Waals surface area contributed by atoms with Crippen molar-refractivity contribution >= 4 is 17.4 Å². The number of nitrogens with two attached hydrogens (primary N) is 1. The average molecular weight is 268 g/mol. The molecule has 1 fully saturated rings. The van der Waals surface area contributed by atoms with Crippen molar-refractivity contribution in [1.29, 1.82) is 0 Å². The van der Waals surface area contributed by atoms with Gasteiger partial charge in [-0.3, -0.25) is 4.79 Å². The number of Topliss-reactive ketones (excluding diaryl/α,β-unsaturated/α-hetero) is 1. The van der Waals surface area contributed by atoms with Crippen LogP contribution in [0.4, 0.5) is 0 Å². The minimum absolute atomic E-state index is 0.00565. The number of ketones is 1. The van der Waals surface area contributed by atoms with Gasteiger partial charge < -0.3 is 10.5 Å². The summed E-state index contributed by atoms with van der Waals surface area (Å²) in [5.74, 6) is 1.14. The summed E-state index contributed by atoms with van der Waals surface area (Å²) in [6.45, 7) is 2.90. The molecular formula is C14H18ClNO2. The van der Waals surface area contributed by atoms with Crippen molar-refractivity contribution in [2.45, 2.75) is 26.2 Å². The van der Waals surface area contributed by atoms with Crippen LogP contribution in [0.1, 0.15) is 35.2 Å². The molecule has 0 heterocycles. The van der Waals surface area contributed by atoms with Crippen LogP contribution in [0.3, 0.4) is 0 Å². The summed E-state index contributed by atoms with van der Waals surface area (Å²) in [6.07, 6.45) is 2.73. The van der Waals surface area contributed by atoms with Crippen molar-refractivity contribution in [3.05, 3.63) is 28.3 Å². The SMILES string of the molecule is Cc1cc(Cl)c(OCC2CC2)c(C(=O)CCN)c1. The average Bonchev–Trinajstić information content (AvgIpc) is 3.11. The van der Waals surface area contributed by atoms with Gasteiger partial charge in [-0.1, -0.05) is 11.6 Å². The maximum atomic E-state index is 12.0. The summed E-state index contributed by atoms with van der Waals surface area (Å²) in [4.78, 5) is 12.0. The van der Waals surface area contributed by atoms with Gasteiger partial charge in [0.05, 0.1) is 17.2 Å². The van der Waals surface area contributed by atoms with Crippen LogP contribution in [0.15, 0.2) is 12.1 Å². The van der Waals surface area contributed by atoms with E-state index in [4.69, 9.17) is 22.1 Å². The highest BCUT2D eigenvalue weighted by Gasteiger charge is 2.24. The summed E-state index contributed by atoms with van der Waals surface area (Å²) in [5.41, 5.74) is 6.95. The van der Waals surface area contributed by atoms with Gasteiger partial charge in [0, 0.05) is 6.42 Å². The van der Waals surface area contributed by atoms with Crippen LogP contribution in [0.2, 0.25) is 5.02 Å². The van der Waals surface area contributed by atoms with E-state index in [2.05, 4.69) is 0 Å². The Kier molecular flexibility index (Phi) is 4.25. The number of ether oxygens (including phenoxy) is 1. The largest absolute Gasteiger partial charge is 0.491 e. The fraction of sp³-hybridized carbons (Fsp3) is 0.500. The summed E-state index contributed by atoms with van der Waals surface area (Å²) >= 11 is 6.17. The molecule has 0 saturated heterocycles. The van der Waals surface area contributed by atoms with Crippen LogP contribution >= 0.6 is 11.6 Å².